The molecule has 0 aliphatic carbocycles. The van der Waals surface area contributed by atoms with Gasteiger partial charge in [-0.3, -0.25) is 0 Å². The molecule has 0 heterocycles. The Hall–Kier alpha value is -1.00. The van der Waals surface area contributed by atoms with Gasteiger partial charge in [-0.2, -0.15) is 0 Å². The molecular formula is C28H50O. The van der Waals surface area contributed by atoms with Gasteiger partial charge in [0.05, 0.1) is 6.10 Å². The summed E-state index contributed by atoms with van der Waals surface area (Å²) >= 11 is 0. The summed E-state index contributed by atoms with van der Waals surface area (Å²) in [6.45, 7) is 4.36. The van der Waals surface area contributed by atoms with Crippen LogP contribution in [0.15, 0.2) is 24.3 Å². The van der Waals surface area contributed by atoms with Gasteiger partial charge in [-0.05, 0) is 51.4 Å². The monoisotopic (exact) mass is 402 g/mol. The molecular weight excluding hydrogens is 352 g/mol. The van der Waals surface area contributed by atoms with Gasteiger partial charge in [0.2, 0.25) is 0 Å². The smallest absolute Gasteiger partial charge is 0.0540 e. The number of rotatable bonds is 20. The zero-order valence-corrected chi connectivity index (χ0v) is 19.8. The maximum absolute atomic E-state index is 10.1. The Morgan fingerprint density at radius 2 is 1.17 bits per heavy atom. The fraction of sp³-hybridized carbons (Fsp3) is 0.786. The van der Waals surface area contributed by atoms with E-state index < -0.39 is 0 Å². The van der Waals surface area contributed by atoms with E-state index in [0.29, 0.717) is 0 Å². The Kier molecular flexibility index (Phi) is 24.2. The van der Waals surface area contributed by atoms with E-state index in [2.05, 4.69) is 50.0 Å². The standard InChI is InChI=1S/C28H50O/c1-3-5-7-9-11-13-14-15-16-17-18-19-21-23-25-27-28(29)26-24-22-20-12-10-8-6-4-2/h11,13,15-16,28-29H,3-5,7,9-10,12,14,17-27H2,1-2H3. The summed E-state index contributed by atoms with van der Waals surface area (Å²) in [5.74, 6) is 6.32. The molecule has 0 amide bonds. The Bertz CT molecular complexity index is 423. The van der Waals surface area contributed by atoms with Crippen LogP contribution in [0.2, 0.25) is 0 Å². The first-order chi connectivity index (χ1) is 14.3. The van der Waals surface area contributed by atoms with E-state index in [-0.39, 0.29) is 6.10 Å². The average molecular weight is 403 g/mol. The lowest BCUT2D eigenvalue weighted by molar-refractivity contribution is 0.147. The first kappa shape index (κ1) is 28.0. The summed E-state index contributed by atoms with van der Waals surface area (Å²) in [7, 11) is 0. The van der Waals surface area contributed by atoms with Crippen LogP contribution in [0.5, 0.6) is 0 Å². The molecule has 0 aliphatic rings. The highest BCUT2D eigenvalue weighted by atomic mass is 16.3. The average Bonchev–Trinajstić information content (AvgIpc) is 2.72. The second-order valence-corrected chi connectivity index (χ2v) is 8.33. The molecule has 0 spiro atoms. The fourth-order valence-corrected chi connectivity index (χ4v) is 3.50. The van der Waals surface area contributed by atoms with Gasteiger partial charge in [-0.15, -0.1) is 11.8 Å². The van der Waals surface area contributed by atoms with Crippen LogP contribution in [0.1, 0.15) is 136 Å². The molecule has 29 heavy (non-hydrogen) atoms. The molecule has 1 N–H and O–H groups in total. The molecule has 0 saturated heterocycles. The van der Waals surface area contributed by atoms with Crippen LogP contribution in [-0.4, -0.2) is 11.2 Å². The predicted molar refractivity (Wildman–Crippen MR) is 131 cm³/mol. The summed E-state index contributed by atoms with van der Waals surface area (Å²) in [6.07, 6.45) is 32.1. The molecule has 0 fully saturated rings. The van der Waals surface area contributed by atoms with Gasteiger partial charge in [0.15, 0.2) is 0 Å². The number of hydrogen-bond donors (Lipinski definition) is 1. The van der Waals surface area contributed by atoms with Crippen molar-refractivity contribution in [3.63, 3.8) is 0 Å². The van der Waals surface area contributed by atoms with Crippen molar-refractivity contribution in [2.24, 2.45) is 0 Å². The van der Waals surface area contributed by atoms with Crippen molar-refractivity contribution in [2.75, 3.05) is 0 Å². The van der Waals surface area contributed by atoms with Gasteiger partial charge in [-0.25, -0.2) is 0 Å². The number of aliphatic hydroxyl groups excluding tert-OH is 1. The van der Waals surface area contributed by atoms with Crippen LogP contribution < -0.4 is 0 Å². The Labute approximate surface area is 183 Å². The third kappa shape index (κ3) is 25.0. The lowest BCUT2D eigenvalue weighted by Crippen LogP contribution is -2.05. The van der Waals surface area contributed by atoms with Crippen LogP contribution in [0, 0.1) is 11.8 Å². The molecule has 1 nitrogen and oxygen atoms in total. The van der Waals surface area contributed by atoms with E-state index in [1.807, 2.05) is 0 Å². The second-order valence-electron chi connectivity index (χ2n) is 8.33. The number of aliphatic hydroxyl groups is 1. The molecule has 1 atom stereocenters. The molecule has 168 valence electrons. The maximum atomic E-state index is 10.1. The molecule has 0 saturated carbocycles. The Morgan fingerprint density at radius 3 is 1.79 bits per heavy atom. The van der Waals surface area contributed by atoms with Crippen LogP contribution >= 0.6 is 0 Å². The maximum Gasteiger partial charge on any atom is 0.0540 e. The van der Waals surface area contributed by atoms with Gasteiger partial charge in [0.1, 0.15) is 0 Å². The van der Waals surface area contributed by atoms with Crippen molar-refractivity contribution < 1.29 is 5.11 Å². The Balaban J connectivity index is 3.28. The minimum Gasteiger partial charge on any atom is -0.393 e. The van der Waals surface area contributed by atoms with Crippen molar-refractivity contribution >= 4 is 0 Å². The van der Waals surface area contributed by atoms with E-state index in [1.165, 1.54) is 89.9 Å². The normalized spacial score (nSPS) is 12.5. The van der Waals surface area contributed by atoms with E-state index in [1.54, 1.807) is 0 Å². The van der Waals surface area contributed by atoms with Gasteiger partial charge in [-0.1, -0.05) is 95.9 Å². The lowest BCUT2D eigenvalue weighted by atomic mass is 10.0. The molecule has 0 aromatic carbocycles. The summed E-state index contributed by atoms with van der Waals surface area (Å²) in [5.41, 5.74) is 0. The molecule has 0 bridgehead atoms. The highest BCUT2D eigenvalue weighted by Gasteiger charge is 2.03. The van der Waals surface area contributed by atoms with Gasteiger partial charge < -0.3 is 5.11 Å². The summed E-state index contributed by atoms with van der Waals surface area (Å²) < 4.78 is 0. The van der Waals surface area contributed by atoms with E-state index >= 15 is 0 Å². The molecule has 0 rings (SSSR count). The zero-order chi connectivity index (χ0) is 21.3. The highest BCUT2D eigenvalue weighted by Crippen LogP contribution is 2.14. The number of unbranched alkanes of at least 4 members (excludes halogenated alkanes) is 12. The van der Waals surface area contributed by atoms with Crippen LogP contribution in [0.4, 0.5) is 0 Å². The first-order valence-electron chi connectivity index (χ1n) is 12.7. The van der Waals surface area contributed by atoms with E-state index in [9.17, 15) is 5.11 Å². The predicted octanol–water partition coefficient (Wildman–Crippen LogP) is 8.91. The number of hydrogen-bond acceptors (Lipinski definition) is 1. The van der Waals surface area contributed by atoms with Crippen molar-refractivity contribution in [1.29, 1.82) is 0 Å². The minimum absolute atomic E-state index is 0.0761. The highest BCUT2D eigenvalue weighted by molar-refractivity contribution is 4.97. The third-order valence-electron chi connectivity index (χ3n) is 5.38. The second kappa shape index (κ2) is 25.0. The molecule has 0 aromatic rings. The van der Waals surface area contributed by atoms with Gasteiger partial charge in [0, 0.05) is 12.8 Å². The van der Waals surface area contributed by atoms with Crippen molar-refractivity contribution in [3.05, 3.63) is 24.3 Å². The van der Waals surface area contributed by atoms with Crippen molar-refractivity contribution in [3.8, 4) is 11.8 Å². The van der Waals surface area contributed by atoms with Crippen molar-refractivity contribution in [2.45, 2.75) is 142 Å². The van der Waals surface area contributed by atoms with Crippen molar-refractivity contribution in [1.82, 2.24) is 0 Å². The molecule has 0 aliphatic heterocycles. The summed E-state index contributed by atoms with van der Waals surface area (Å²) in [5, 5.41) is 10.1. The zero-order valence-electron chi connectivity index (χ0n) is 19.8. The molecule has 0 aromatic heterocycles. The molecule has 0 radical (unpaired) electrons. The minimum atomic E-state index is -0.0761. The van der Waals surface area contributed by atoms with Crippen LogP contribution in [0.3, 0.4) is 0 Å². The topological polar surface area (TPSA) is 20.2 Å². The van der Waals surface area contributed by atoms with Crippen LogP contribution in [0.25, 0.3) is 0 Å². The SMILES string of the molecule is CCC#CCCCCCCC(O)CCCCCCCC=CCC=CCCCCC. The molecule has 1 heteroatoms. The fourth-order valence-electron chi connectivity index (χ4n) is 3.50. The van der Waals surface area contributed by atoms with E-state index in [0.717, 1.165) is 32.1 Å². The summed E-state index contributed by atoms with van der Waals surface area (Å²) in [6, 6.07) is 0. The Morgan fingerprint density at radius 1 is 0.621 bits per heavy atom. The quantitative estimate of drug-likeness (QED) is 0.122. The van der Waals surface area contributed by atoms with Crippen LogP contribution in [-0.2, 0) is 0 Å². The largest absolute Gasteiger partial charge is 0.393 e. The summed E-state index contributed by atoms with van der Waals surface area (Å²) in [4.78, 5) is 0. The van der Waals surface area contributed by atoms with Gasteiger partial charge in [0.25, 0.3) is 0 Å². The first-order valence-corrected chi connectivity index (χ1v) is 12.7. The third-order valence-corrected chi connectivity index (χ3v) is 5.38. The molecule has 1 unspecified atom stereocenters. The lowest BCUT2D eigenvalue weighted by Gasteiger charge is -2.10. The van der Waals surface area contributed by atoms with E-state index in [4.69, 9.17) is 0 Å². The van der Waals surface area contributed by atoms with Gasteiger partial charge >= 0.3 is 0 Å². The number of allylic oxidation sites excluding steroid dienone is 4.